The third-order valence-corrected chi connectivity index (χ3v) is 3.39. The van der Waals surface area contributed by atoms with Crippen molar-refractivity contribution >= 4 is 5.91 Å². The number of carbonyl (C=O) groups is 1. The summed E-state index contributed by atoms with van der Waals surface area (Å²) in [6.07, 6.45) is 4.07. The SMILES string of the molecule is CCc1nc(C(=O)N2CCCCC2CNC)n[nH]1. The van der Waals surface area contributed by atoms with Crippen LogP contribution in [0.5, 0.6) is 0 Å². The lowest BCUT2D eigenvalue weighted by Gasteiger charge is -2.34. The first-order valence-corrected chi connectivity index (χ1v) is 6.63. The second-order valence-electron chi connectivity index (χ2n) is 4.67. The zero-order valence-electron chi connectivity index (χ0n) is 11.1. The number of aromatic amines is 1. The normalized spacial score (nSPS) is 20.1. The van der Waals surface area contributed by atoms with E-state index in [1.54, 1.807) is 0 Å². The van der Waals surface area contributed by atoms with Gasteiger partial charge in [-0.15, -0.1) is 5.10 Å². The molecule has 2 N–H and O–H groups in total. The Labute approximate surface area is 107 Å². The molecule has 0 spiro atoms. The van der Waals surface area contributed by atoms with Gasteiger partial charge in [0.2, 0.25) is 5.82 Å². The van der Waals surface area contributed by atoms with Gasteiger partial charge in [-0.1, -0.05) is 6.92 Å². The van der Waals surface area contributed by atoms with Gasteiger partial charge < -0.3 is 10.2 Å². The summed E-state index contributed by atoms with van der Waals surface area (Å²) in [5.74, 6) is 1.02. The number of piperidine rings is 1. The molecule has 6 nitrogen and oxygen atoms in total. The van der Waals surface area contributed by atoms with E-state index in [9.17, 15) is 4.79 Å². The summed E-state index contributed by atoms with van der Waals surface area (Å²) in [4.78, 5) is 18.5. The highest BCUT2D eigenvalue weighted by Crippen LogP contribution is 2.18. The molecule has 18 heavy (non-hydrogen) atoms. The van der Waals surface area contributed by atoms with Crippen LogP contribution < -0.4 is 5.32 Å². The molecule has 1 saturated heterocycles. The third-order valence-electron chi connectivity index (χ3n) is 3.39. The number of hydrogen-bond donors (Lipinski definition) is 2. The van der Waals surface area contributed by atoms with E-state index in [1.165, 1.54) is 6.42 Å². The van der Waals surface area contributed by atoms with Crippen molar-refractivity contribution in [1.29, 1.82) is 0 Å². The third kappa shape index (κ3) is 2.69. The summed E-state index contributed by atoms with van der Waals surface area (Å²) in [6.45, 7) is 3.62. The Morgan fingerprint density at radius 2 is 2.39 bits per heavy atom. The molecule has 2 heterocycles. The second-order valence-corrected chi connectivity index (χ2v) is 4.67. The van der Waals surface area contributed by atoms with Gasteiger partial charge >= 0.3 is 0 Å². The second kappa shape index (κ2) is 5.95. The van der Waals surface area contributed by atoms with Crippen LogP contribution in [0, 0.1) is 0 Å². The standard InChI is InChI=1S/C12H21N5O/c1-3-10-14-11(16-15-10)12(18)17-7-5-4-6-9(17)8-13-2/h9,13H,3-8H2,1-2H3,(H,14,15,16). The lowest BCUT2D eigenvalue weighted by atomic mass is 10.0. The van der Waals surface area contributed by atoms with Crippen LogP contribution in [0.15, 0.2) is 0 Å². The van der Waals surface area contributed by atoms with Gasteiger partial charge in [0.25, 0.3) is 5.91 Å². The highest BCUT2D eigenvalue weighted by molar-refractivity contribution is 5.90. The van der Waals surface area contributed by atoms with Crippen LogP contribution in [0.4, 0.5) is 0 Å². The van der Waals surface area contributed by atoms with E-state index >= 15 is 0 Å². The molecule has 0 bridgehead atoms. The molecule has 1 unspecified atom stereocenters. The quantitative estimate of drug-likeness (QED) is 0.821. The largest absolute Gasteiger partial charge is 0.332 e. The Kier molecular flexibility index (Phi) is 4.30. The monoisotopic (exact) mass is 251 g/mol. The molecule has 1 amide bonds. The maximum absolute atomic E-state index is 12.4. The van der Waals surface area contributed by atoms with Crippen molar-refractivity contribution in [2.24, 2.45) is 0 Å². The lowest BCUT2D eigenvalue weighted by molar-refractivity contribution is 0.0603. The van der Waals surface area contributed by atoms with Crippen LogP contribution in [-0.2, 0) is 6.42 Å². The molecule has 1 fully saturated rings. The summed E-state index contributed by atoms with van der Waals surface area (Å²) in [5, 5.41) is 9.95. The summed E-state index contributed by atoms with van der Waals surface area (Å²) in [7, 11) is 1.92. The van der Waals surface area contributed by atoms with E-state index in [0.29, 0.717) is 5.82 Å². The number of hydrogen-bond acceptors (Lipinski definition) is 4. The first-order chi connectivity index (χ1) is 8.76. The Bertz CT molecular complexity index is 401. The maximum Gasteiger partial charge on any atom is 0.293 e. The van der Waals surface area contributed by atoms with Crippen molar-refractivity contribution in [2.75, 3.05) is 20.1 Å². The van der Waals surface area contributed by atoms with Gasteiger partial charge in [0, 0.05) is 25.6 Å². The summed E-state index contributed by atoms with van der Waals surface area (Å²) in [6, 6.07) is 0.264. The minimum absolute atomic E-state index is 0.0501. The lowest BCUT2D eigenvalue weighted by Crippen LogP contribution is -2.48. The average molecular weight is 251 g/mol. The number of carbonyl (C=O) groups excluding carboxylic acids is 1. The molecule has 1 aromatic rings. The van der Waals surface area contributed by atoms with E-state index in [0.717, 1.165) is 38.2 Å². The number of nitrogens with zero attached hydrogens (tertiary/aromatic N) is 3. The molecular weight excluding hydrogens is 230 g/mol. The Morgan fingerprint density at radius 3 is 3.06 bits per heavy atom. The topological polar surface area (TPSA) is 73.9 Å². The zero-order chi connectivity index (χ0) is 13.0. The smallest absolute Gasteiger partial charge is 0.293 e. The summed E-state index contributed by atoms with van der Waals surface area (Å²) >= 11 is 0. The van der Waals surface area contributed by atoms with Crippen LogP contribution in [-0.4, -0.2) is 52.2 Å². The predicted molar refractivity (Wildman–Crippen MR) is 68.4 cm³/mol. The molecule has 0 aliphatic carbocycles. The number of nitrogens with one attached hydrogen (secondary N) is 2. The minimum Gasteiger partial charge on any atom is -0.332 e. The molecule has 1 aliphatic heterocycles. The molecule has 0 aromatic carbocycles. The number of likely N-dealkylation sites (N-methyl/N-ethyl adjacent to an activating group) is 1. The highest BCUT2D eigenvalue weighted by Gasteiger charge is 2.29. The Balaban J connectivity index is 2.10. The number of aromatic nitrogens is 3. The zero-order valence-corrected chi connectivity index (χ0v) is 11.1. The van der Waals surface area contributed by atoms with Crippen molar-refractivity contribution in [3.05, 3.63) is 11.6 Å². The van der Waals surface area contributed by atoms with Crippen molar-refractivity contribution < 1.29 is 4.79 Å². The van der Waals surface area contributed by atoms with Gasteiger partial charge in [-0.05, 0) is 26.3 Å². The molecule has 1 aliphatic rings. The fourth-order valence-corrected chi connectivity index (χ4v) is 2.39. The van der Waals surface area contributed by atoms with E-state index in [1.807, 2.05) is 18.9 Å². The van der Waals surface area contributed by atoms with Gasteiger partial charge in [0.15, 0.2) is 0 Å². The van der Waals surface area contributed by atoms with Gasteiger partial charge in [-0.25, -0.2) is 4.98 Å². The average Bonchev–Trinajstić information content (AvgIpc) is 2.88. The number of aryl methyl sites for hydroxylation is 1. The Hall–Kier alpha value is -1.43. The first-order valence-electron chi connectivity index (χ1n) is 6.63. The van der Waals surface area contributed by atoms with E-state index in [-0.39, 0.29) is 11.9 Å². The summed E-state index contributed by atoms with van der Waals surface area (Å²) < 4.78 is 0. The van der Waals surface area contributed by atoms with Crippen molar-refractivity contribution in [2.45, 2.75) is 38.6 Å². The molecule has 0 radical (unpaired) electrons. The molecule has 2 rings (SSSR count). The number of H-pyrrole nitrogens is 1. The highest BCUT2D eigenvalue weighted by atomic mass is 16.2. The molecule has 6 heteroatoms. The Morgan fingerprint density at radius 1 is 1.56 bits per heavy atom. The van der Waals surface area contributed by atoms with Crippen LogP contribution in [0.1, 0.15) is 42.6 Å². The summed E-state index contributed by atoms with van der Waals surface area (Å²) in [5.41, 5.74) is 0. The number of amides is 1. The van der Waals surface area contributed by atoms with Crippen LogP contribution in [0.25, 0.3) is 0 Å². The molecule has 100 valence electrons. The van der Waals surface area contributed by atoms with Gasteiger partial charge in [-0.3, -0.25) is 9.89 Å². The van der Waals surface area contributed by atoms with Gasteiger partial charge in [0.05, 0.1) is 0 Å². The molecule has 1 atom stereocenters. The predicted octanol–water partition coefficient (Wildman–Crippen LogP) is 0.581. The van der Waals surface area contributed by atoms with Crippen LogP contribution in [0.2, 0.25) is 0 Å². The minimum atomic E-state index is -0.0501. The number of likely N-dealkylation sites (tertiary alicyclic amines) is 1. The maximum atomic E-state index is 12.4. The fourth-order valence-electron chi connectivity index (χ4n) is 2.39. The van der Waals surface area contributed by atoms with Gasteiger partial charge in [0.1, 0.15) is 5.82 Å². The van der Waals surface area contributed by atoms with E-state index in [2.05, 4.69) is 20.5 Å². The van der Waals surface area contributed by atoms with Gasteiger partial charge in [-0.2, -0.15) is 0 Å². The molecule has 0 saturated carbocycles. The number of rotatable bonds is 4. The van der Waals surface area contributed by atoms with Crippen molar-refractivity contribution in [3.63, 3.8) is 0 Å². The first kappa shape index (κ1) is 13.0. The van der Waals surface area contributed by atoms with Crippen molar-refractivity contribution in [1.82, 2.24) is 25.4 Å². The van der Waals surface area contributed by atoms with Crippen molar-refractivity contribution in [3.8, 4) is 0 Å². The van der Waals surface area contributed by atoms with E-state index in [4.69, 9.17) is 0 Å². The van der Waals surface area contributed by atoms with E-state index < -0.39 is 0 Å². The molecular formula is C12H21N5O. The fraction of sp³-hybridized carbons (Fsp3) is 0.750. The molecule has 1 aromatic heterocycles. The van der Waals surface area contributed by atoms with Crippen LogP contribution in [0.3, 0.4) is 0 Å². The van der Waals surface area contributed by atoms with Crippen LogP contribution >= 0.6 is 0 Å².